The van der Waals surface area contributed by atoms with E-state index in [9.17, 15) is 0 Å². The summed E-state index contributed by atoms with van der Waals surface area (Å²) < 4.78 is 6.49. The summed E-state index contributed by atoms with van der Waals surface area (Å²) in [6.07, 6.45) is 5.32. The van der Waals surface area contributed by atoms with Gasteiger partial charge in [0.15, 0.2) is 0 Å². The molecule has 0 aliphatic carbocycles. The van der Waals surface area contributed by atoms with Crippen LogP contribution in [0.3, 0.4) is 0 Å². The summed E-state index contributed by atoms with van der Waals surface area (Å²) in [7, 11) is 0. The maximum atomic E-state index is 6.49. The van der Waals surface area contributed by atoms with E-state index in [4.69, 9.17) is 2.84 Å². The van der Waals surface area contributed by atoms with Gasteiger partial charge in [-0.05, 0) is 0 Å². The smallest absolute Gasteiger partial charge is 0.430 e. The number of rotatable bonds is 10. The van der Waals surface area contributed by atoms with E-state index in [1.165, 1.54) is 46.8 Å². The molecule has 0 saturated carbocycles. The Labute approximate surface area is 106 Å². The molecular weight excluding hydrogens is 214 g/mol. The molecule has 0 radical (unpaired) electrons. The lowest BCUT2D eigenvalue weighted by molar-refractivity contribution is 0.560. The highest BCUT2D eigenvalue weighted by Crippen LogP contribution is 2.14. The lowest BCUT2D eigenvalue weighted by atomic mass is 10.6. The minimum absolute atomic E-state index is 0.793. The molecule has 0 fully saturated rings. The van der Waals surface area contributed by atoms with E-state index >= 15 is 0 Å². The molecule has 0 spiro atoms. The summed E-state index contributed by atoms with van der Waals surface area (Å²) >= 11 is -1.59. The largest absolute Gasteiger partial charge is 0.636 e. The Morgan fingerprint density at radius 1 is 0.600 bits per heavy atom. The number of hydrogen-bond acceptors (Lipinski definition) is 1. The molecule has 15 heavy (non-hydrogen) atoms. The molecule has 1 nitrogen and oxygen atoms in total. The molecule has 3 heteroatoms. The van der Waals surface area contributed by atoms with Crippen LogP contribution in [-0.2, 0) is 2.84 Å². The van der Waals surface area contributed by atoms with Gasteiger partial charge in [-0.1, -0.05) is 74.5 Å². The summed E-state index contributed by atoms with van der Waals surface area (Å²) in [4.78, 5) is 0. The van der Waals surface area contributed by atoms with Crippen LogP contribution >= 0.6 is 0 Å². The summed E-state index contributed by atoms with van der Waals surface area (Å²) in [5.74, 6) is 0. The fourth-order valence-electron chi connectivity index (χ4n) is 2.12. The third kappa shape index (κ3) is 8.79. The predicted molar refractivity (Wildman–Crippen MR) is 73.0 cm³/mol. The highest BCUT2D eigenvalue weighted by Gasteiger charge is 2.25. The van der Waals surface area contributed by atoms with Gasteiger partial charge in [-0.25, -0.2) is 0 Å². The maximum Gasteiger partial charge on any atom is 0.430 e. The normalized spacial score (nSPS) is 10.4. The van der Waals surface area contributed by atoms with E-state index in [1.54, 1.807) is 0 Å². The molecule has 0 N–H and O–H groups in total. The van der Waals surface area contributed by atoms with Crippen LogP contribution in [0.25, 0.3) is 0 Å². The third-order valence-electron chi connectivity index (χ3n) is 2.83. The Hall–Kier alpha value is 1.02. The molecule has 0 bridgehead atoms. The summed E-state index contributed by atoms with van der Waals surface area (Å²) in [5, 5.41) is 5.63. The van der Waals surface area contributed by atoms with Crippen molar-refractivity contribution in [3.63, 3.8) is 0 Å². The van der Waals surface area contributed by atoms with Crippen LogP contribution in [0, 0.1) is 0 Å². The van der Waals surface area contributed by atoms with Crippen LogP contribution in [0.2, 0.25) is 21.1 Å². The highest BCUT2D eigenvalue weighted by molar-refractivity contribution is 6.66. The number of hydrogen-bond donors (Lipinski definition) is 0. The molecule has 0 rings (SSSR count). The Kier molecular flexibility index (Phi) is 12.3. The molecule has 0 heterocycles. The van der Waals surface area contributed by atoms with Crippen LogP contribution in [0.4, 0.5) is 0 Å². The van der Waals surface area contributed by atoms with E-state index < -0.39 is 29.0 Å². The Morgan fingerprint density at radius 2 is 0.867 bits per heavy atom. The van der Waals surface area contributed by atoms with E-state index in [0.717, 1.165) is 0 Å². The highest BCUT2D eigenvalue weighted by atomic mass is 27.3. The Bertz CT molecular complexity index is 105. The minimum Gasteiger partial charge on any atom is -0.636 e. The second-order valence-electron chi connectivity index (χ2n) is 4.53. The van der Waals surface area contributed by atoms with Gasteiger partial charge in [0.05, 0.1) is 0 Å². The molecular formula is C12H28Al2O. The van der Waals surface area contributed by atoms with Crippen LogP contribution in [0.1, 0.15) is 53.4 Å². The second kappa shape index (κ2) is 11.5. The minimum atomic E-state index is -0.793. The quantitative estimate of drug-likeness (QED) is 0.508. The van der Waals surface area contributed by atoms with Gasteiger partial charge in [-0.3, -0.25) is 0 Å². The lowest BCUT2D eigenvalue weighted by Gasteiger charge is -2.18. The van der Waals surface area contributed by atoms with Gasteiger partial charge in [0.1, 0.15) is 0 Å². The summed E-state index contributed by atoms with van der Waals surface area (Å²) in [5.41, 5.74) is 0. The van der Waals surface area contributed by atoms with Crippen molar-refractivity contribution in [1.29, 1.82) is 0 Å². The van der Waals surface area contributed by atoms with Gasteiger partial charge in [-0.2, -0.15) is 0 Å². The van der Waals surface area contributed by atoms with Gasteiger partial charge in [0, 0.05) is 0 Å². The molecule has 0 aromatic carbocycles. The molecule has 0 saturated heterocycles. The molecule has 0 aliphatic rings. The Morgan fingerprint density at radius 3 is 1.07 bits per heavy atom. The van der Waals surface area contributed by atoms with Crippen LogP contribution < -0.4 is 0 Å². The molecule has 0 aromatic heterocycles. The van der Waals surface area contributed by atoms with E-state index in [2.05, 4.69) is 27.7 Å². The first-order valence-electron chi connectivity index (χ1n) is 6.93. The van der Waals surface area contributed by atoms with E-state index in [0.29, 0.717) is 0 Å². The SMILES string of the molecule is CC[CH2][Al]([CH2]CC)[O][Al]([CH2]CC)[CH2]CC. The van der Waals surface area contributed by atoms with Crippen molar-refractivity contribution < 1.29 is 2.84 Å². The zero-order chi connectivity index (χ0) is 11.5. The first-order chi connectivity index (χ1) is 7.28. The predicted octanol–water partition coefficient (Wildman–Crippen LogP) is 4.63. The van der Waals surface area contributed by atoms with Crippen LogP contribution in [-0.4, -0.2) is 29.0 Å². The first-order valence-corrected chi connectivity index (χ1v) is 11.1. The molecule has 88 valence electrons. The Balaban J connectivity index is 3.93. The van der Waals surface area contributed by atoms with Crippen molar-refractivity contribution in [2.75, 3.05) is 0 Å². The topological polar surface area (TPSA) is 9.23 Å². The van der Waals surface area contributed by atoms with Crippen molar-refractivity contribution >= 4 is 29.0 Å². The summed E-state index contributed by atoms with van der Waals surface area (Å²) in [6, 6.07) is 0. The van der Waals surface area contributed by atoms with E-state index in [1.807, 2.05) is 0 Å². The molecule has 0 aliphatic heterocycles. The fraction of sp³-hybridized carbons (Fsp3) is 1.00. The fourth-order valence-corrected chi connectivity index (χ4v) is 9.63. The molecule has 0 aromatic rings. The summed E-state index contributed by atoms with van der Waals surface area (Å²) in [6.45, 7) is 9.20. The average molecular weight is 242 g/mol. The molecule has 0 unspecified atom stereocenters. The van der Waals surface area contributed by atoms with Crippen molar-refractivity contribution in [2.24, 2.45) is 0 Å². The monoisotopic (exact) mass is 242 g/mol. The van der Waals surface area contributed by atoms with Crippen molar-refractivity contribution in [3.8, 4) is 0 Å². The zero-order valence-corrected chi connectivity index (χ0v) is 13.5. The standard InChI is InChI=1S/4C3H7.2Al.O/c4*1-3-2;;;/h4*1,3H2,2H3;;;. The van der Waals surface area contributed by atoms with Crippen molar-refractivity contribution in [3.05, 3.63) is 0 Å². The van der Waals surface area contributed by atoms with Gasteiger partial charge < -0.3 is 2.84 Å². The second-order valence-corrected chi connectivity index (χ2v) is 10.4. The van der Waals surface area contributed by atoms with Crippen LogP contribution in [0.15, 0.2) is 0 Å². The zero-order valence-electron chi connectivity index (χ0n) is 11.2. The lowest BCUT2D eigenvalue weighted by Crippen LogP contribution is -2.28. The first kappa shape index (κ1) is 16.0. The third-order valence-corrected chi connectivity index (χ3v) is 10.8. The van der Waals surface area contributed by atoms with Crippen molar-refractivity contribution in [2.45, 2.75) is 74.5 Å². The van der Waals surface area contributed by atoms with Gasteiger partial charge in [-0.15, -0.1) is 0 Å². The van der Waals surface area contributed by atoms with Gasteiger partial charge in [0.2, 0.25) is 0 Å². The van der Waals surface area contributed by atoms with E-state index in [-0.39, 0.29) is 0 Å². The van der Waals surface area contributed by atoms with Gasteiger partial charge >= 0.3 is 29.0 Å². The molecule has 0 atom stereocenters. The van der Waals surface area contributed by atoms with Crippen LogP contribution in [0.5, 0.6) is 0 Å². The van der Waals surface area contributed by atoms with Crippen molar-refractivity contribution in [1.82, 2.24) is 0 Å². The average Bonchev–Trinajstić information content (AvgIpc) is 2.19. The van der Waals surface area contributed by atoms with Gasteiger partial charge in [0.25, 0.3) is 0 Å². The molecule has 0 amide bonds. The maximum absolute atomic E-state index is 6.49.